The van der Waals surface area contributed by atoms with Crippen molar-refractivity contribution in [2.24, 2.45) is 0 Å². The second-order valence-corrected chi connectivity index (χ2v) is 6.88. The maximum Gasteiger partial charge on any atom is 0.323 e. The molecule has 0 aliphatic carbocycles. The molecule has 0 saturated heterocycles. The van der Waals surface area contributed by atoms with Crippen molar-refractivity contribution in [3.63, 3.8) is 0 Å². The fourth-order valence-electron chi connectivity index (χ4n) is 2.61. The Kier molecular flexibility index (Phi) is 5.37. The Hall–Kier alpha value is -2.35. The number of benzene rings is 1. The third kappa shape index (κ3) is 4.19. The third-order valence-electron chi connectivity index (χ3n) is 3.87. The molecule has 0 spiro atoms. The minimum atomic E-state index is -0.0282. The average molecular weight is 405 g/mol. The van der Waals surface area contributed by atoms with Crippen LogP contribution >= 0.6 is 15.9 Å². The fraction of sp³-hybridized carbons (Fsp3) is 0.353. The number of hydrogen-bond donors (Lipinski definition) is 2. The van der Waals surface area contributed by atoms with Crippen molar-refractivity contribution in [2.45, 2.75) is 12.8 Å². The molecule has 25 heavy (non-hydrogen) atoms. The molecule has 2 N–H and O–H groups in total. The summed E-state index contributed by atoms with van der Waals surface area (Å²) in [5, 5.41) is 6.52. The van der Waals surface area contributed by atoms with E-state index in [2.05, 4.69) is 36.5 Å². The van der Waals surface area contributed by atoms with Crippen LogP contribution in [0.3, 0.4) is 0 Å². The van der Waals surface area contributed by atoms with Crippen molar-refractivity contribution >= 4 is 45.1 Å². The van der Waals surface area contributed by atoms with Gasteiger partial charge in [0.25, 0.3) is 0 Å². The number of anilines is 4. The summed E-state index contributed by atoms with van der Waals surface area (Å²) in [6.07, 6.45) is 3.54. The zero-order valence-corrected chi connectivity index (χ0v) is 15.9. The summed E-state index contributed by atoms with van der Waals surface area (Å²) in [6, 6.07) is 7.71. The minimum Gasteiger partial charge on any atom is -0.369 e. The summed E-state index contributed by atoms with van der Waals surface area (Å²) in [5.41, 5.74) is 1.69. The van der Waals surface area contributed by atoms with E-state index in [0.29, 0.717) is 12.5 Å². The number of nitrogens with zero attached hydrogens (tertiary/aromatic N) is 4. The van der Waals surface area contributed by atoms with E-state index < -0.39 is 0 Å². The van der Waals surface area contributed by atoms with Crippen molar-refractivity contribution in [1.29, 1.82) is 0 Å². The lowest BCUT2D eigenvalue weighted by molar-refractivity contribution is 0.223. The lowest BCUT2D eigenvalue weighted by Gasteiger charge is -2.26. The Bertz CT molecular complexity index is 767. The van der Waals surface area contributed by atoms with Gasteiger partial charge in [0.05, 0.1) is 4.47 Å². The first-order valence-electron chi connectivity index (χ1n) is 8.17. The zero-order valence-electron chi connectivity index (χ0n) is 14.3. The predicted molar refractivity (Wildman–Crippen MR) is 104 cm³/mol. The molecular formula is C17H21BrN6O. The predicted octanol–water partition coefficient (Wildman–Crippen LogP) is 3.68. The van der Waals surface area contributed by atoms with E-state index in [1.807, 2.05) is 24.3 Å². The van der Waals surface area contributed by atoms with E-state index in [4.69, 9.17) is 0 Å². The molecule has 4 bridgehead atoms. The molecule has 1 aliphatic heterocycles. The molecule has 2 amide bonds. The lowest BCUT2D eigenvalue weighted by atomic mass is 10.2. The van der Waals surface area contributed by atoms with Crippen LogP contribution < -0.4 is 15.5 Å². The van der Waals surface area contributed by atoms with Crippen LogP contribution in [0.2, 0.25) is 0 Å². The van der Waals surface area contributed by atoms with E-state index in [1.165, 1.54) is 0 Å². The van der Waals surface area contributed by atoms with Crippen LogP contribution in [0.4, 0.5) is 27.9 Å². The van der Waals surface area contributed by atoms with Gasteiger partial charge in [-0.15, -0.1) is 0 Å². The third-order valence-corrected chi connectivity index (χ3v) is 4.45. The van der Waals surface area contributed by atoms with Crippen LogP contribution in [-0.2, 0) is 0 Å². The fourth-order valence-corrected chi connectivity index (χ4v) is 2.94. The highest BCUT2D eigenvalue weighted by Gasteiger charge is 2.18. The van der Waals surface area contributed by atoms with Crippen LogP contribution in [0.5, 0.6) is 0 Å². The first kappa shape index (κ1) is 17.5. The van der Waals surface area contributed by atoms with Gasteiger partial charge in [0.2, 0.25) is 5.95 Å². The molecule has 2 aromatic rings. The molecule has 2 heterocycles. The van der Waals surface area contributed by atoms with E-state index in [1.54, 1.807) is 30.1 Å². The maximum absolute atomic E-state index is 12.6. The van der Waals surface area contributed by atoms with Gasteiger partial charge < -0.3 is 15.5 Å². The van der Waals surface area contributed by atoms with Gasteiger partial charge in [-0.05, 0) is 47.0 Å². The summed E-state index contributed by atoms with van der Waals surface area (Å²) >= 11 is 3.47. The number of carbonyl (C=O) groups excluding carboxylic acids is 1. The summed E-state index contributed by atoms with van der Waals surface area (Å²) in [7, 11) is 3.54. The number of amides is 2. The normalized spacial score (nSPS) is 14.3. The standard InChI is InChI=1S/C17H21BrN6O/c1-23(2)17(25)24-9-4-3-8-19-15-14(18)11-20-16(22-15)21-12-6-5-7-13(24)10-12/h5-7,10-11H,3-4,8-9H2,1-2H3,(H2,19,20,21,22). The van der Waals surface area contributed by atoms with Crippen molar-refractivity contribution in [2.75, 3.05) is 42.7 Å². The monoisotopic (exact) mass is 404 g/mol. The number of fused-ring (bicyclic) bond motifs is 4. The molecule has 0 saturated carbocycles. The van der Waals surface area contributed by atoms with E-state index >= 15 is 0 Å². The van der Waals surface area contributed by atoms with Gasteiger partial charge in [-0.1, -0.05) is 6.07 Å². The van der Waals surface area contributed by atoms with Crippen molar-refractivity contribution in [3.8, 4) is 0 Å². The topological polar surface area (TPSA) is 73.4 Å². The van der Waals surface area contributed by atoms with Crippen LogP contribution in [-0.4, -0.2) is 48.1 Å². The molecule has 1 aliphatic rings. The zero-order chi connectivity index (χ0) is 17.8. The molecule has 3 rings (SSSR count). The Balaban J connectivity index is 1.96. The molecule has 8 heteroatoms. The van der Waals surface area contributed by atoms with Gasteiger partial charge >= 0.3 is 6.03 Å². The molecule has 132 valence electrons. The van der Waals surface area contributed by atoms with Gasteiger partial charge in [-0.25, -0.2) is 9.78 Å². The molecule has 1 aromatic heterocycles. The number of halogens is 1. The van der Waals surface area contributed by atoms with Gasteiger partial charge in [0, 0.05) is 44.8 Å². The highest BCUT2D eigenvalue weighted by molar-refractivity contribution is 9.10. The molecule has 0 radical (unpaired) electrons. The molecule has 0 unspecified atom stereocenters. The lowest BCUT2D eigenvalue weighted by Crippen LogP contribution is -2.40. The second kappa shape index (κ2) is 7.69. The number of nitrogens with one attached hydrogen (secondary N) is 2. The summed E-state index contributed by atoms with van der Waals surface area (Å²) in [4.78, 5) is 24.8. The Morgan fingerprint density at radius 2 is 2.16 bits per heavy atom. The first-order chi connectivity index (χ1) is 12.0. The first-order valence-corrected chi connectivity index (χ1v) is 8.96. The van der Waals surface area contributed by atoms with Crippen LogP contribution in [0.25, 0.3) is 0 Å². The molecule has 7 nitrogen and oxygen atoms in total. The minimum absolute atomic E-state index is 0.0282. The largest absolute Gasteiger partial charge is 0.369 e. The quantitative estimate of drug-likeness (QED) is 0.700. The van der Waals surface area contributed by atoms with Crippen molar-refractivity contribution < 1.29 is 4.79 Å². The van der Waals surface area contributed by atoms with Gasteiger partial charge in [0.15, 0.2) is 0 Å². The summed E-state index contributed by atoms with van der Waals surface area (Å²) < 4.78 is 0.825. The summed E-state index contributed by atoms with van der Waals surface area (Å²) in [6.45, 7) is 1.43. The van der Waals surface area contributed by atoms with Gasteiger partial charge in [-0.3, -0.25) is 4.90 Å². The maximum atomic E-state index is 12.6. The number of urea groups is 1. The highest BCUT2D eigenvalue weighted by atomic mass is 79.9. The van der Waals surface area contributed by atoms with E-state index in [-0.39, 0.29) is 6.03 Å². The number of carbonyl (C=O) groups is 1. The average Bonchev–Trinajstić information content (AvgIpc) is 2.60. The SMILES string of the molecule is CN(C)C(=O)N1CCCCNc2nc(ncc2Br)Nc2cccc1c2. The number of rotatable bonds is 0. The highest BCUT2D eigenvalue weighted by Crippen LogP contribution is 2.25. The van der Waals surface area contributed by atoms with Gasteiger partial charge in [-0.2, -0.15) is 4.98 Å². The van der Waals surface area contributed by atoms with Crippen LogP contribution in [0.1, 0.15) is 12.8 Å². The van der Waals surface area contributed by atoms with E-state index in [9.17, 15) is 4.79 Å². The second-order valence-electron chi connectivity index (χ2n) is 6.03. The molecular weight excluding hydrogens is 384 g/mol. The van der Waals surface area contributed by atoms with Crippen molar-refractivity contribution in [3.05, 3.63) is 34.9 Å². The Morgan fingerprint density at radius 3 is 2.96 bits per heavy atom. The van der Waals surface area contributed by atoms with Gasteiger partial charge in [0.1, 0.15) is 5.82 Å². The Labute approximate surface area is 155 Å². The van der Waals surface area contributed by atoms with E-state index in [0.717, 1.165) is 41.1 Å². The molecule has 0 atom stereocenters. The number of hydrogen-bond acceptors (Lipinski definition) is 5. The number of aromatic nitrogens is 2. The smallest absolute Gasteiger partial charge is 0.323 e. The summed E-state index contributed by atoms with van der Waals surface area (Å²) in [5.74, 6) is 1.27. The van der Waals surface area contributed by atoms with Crippen molar-refractivity contribution in [1.82, 2.24) is 14.9 Å². The Morgan fingerprint density at radius 1 is 1.32 bits per heavy atom. The van der Waals surface area contributed by atoms with Crippen LogP contribution in [0, 0.1) is 0 Å². The molecule has 1 aromatic carbocycles. The molecule has 0 fully saturated rings. The van der Waals surface area contributed by atoms with Crippen LogP contribution in [0.15, 0.2) is 34.9 Å².